The highest BCUT2D eigenvalue weighted by Crippen LogP contribution is 2.35. The summed E-state index contributed by atoms with van der Waals surface area (Å²) in [4.78, 5) is 21.5. The quantitative estimate of drug-likeness (QED) is 0.192. The molecule has 10 nitrogen and oxygen atoms in total. The molecule has 2 aromatic carbocycles. The van der Waals surface area contributed by atoms with Gasteiger partial charge in [0.05, 0.1) is 18.4 Å². The van der Waals surface area contributed by atoms with Crippen LogP contribution >= 0.6 is 11.6 Å². The van der Waals surface area contributed by atoms with Crippen LogP contribution < -0.4 is 16.4 Å². The number of nitrogens with one attached hydrogen (secondary N) is 2. The Bertz CT molecular complexity index is 1110. The summed E-state index contributed by atoms with van der Waals surface area (Å²) in [6.45, 7) is 5.80. The Labute approximate surface area is 252 Å². The number of hydrogen-bond acceptors (Lipinski definition) is 8. The number of carbonyl (C=O) groups is 2. The number of carboxylic acid groups (broad SMARTS) is 2. The molecular formula is C31H46ClN3O7. The molecule has 2 aliphatic rings. The van der Waals surface area contributed by atoms with E-state index >= 15 is 0 Å². The van der Waals surface area contributed by atoms with E-state index in [2.05, 4.69) is 10.6 Å². The van der Waals surface area contributed by atoms with Crippen molar-refractivity contribution in [2.45, 2.75) is 76.5 Å². The number of rotatable bonds is 9. The minimum Gasteiger partial charge on any atom is -0.504 e. The predicted molar refractivity (Wildman–Crippen MR) is 163 cm³/mol. The zero-order valence-corrected chi connectivity index (χ0v) is 25.1. The third-order valence-corrected chi connectivity index (χ3v) is 7.90. The van der Waals surface area contributed by atoms with Crippen LogP contribution in [0.5, 0.6) is 11.5 Å². The lowest BCUT2D eigenvalue weighted by Gasteiger charge is -2.40. The standard InChI is InChI=1S/C11H17NO3.C10H12ClNO2.C10H17NO2/c1-7(2)12-6-11(15)8-3-4-9(13)10(14)5-8;11-9-3-1-7(2-4-9)8(6-12)5-10(13)14;12-10(13)8-3-1-5-9-7(8)4-2-6-11-9/h3-5,7,11-15H,6H2,1-2H3;1-4,8H,5-6,12H2,(H,13,14);7-9,11H,1-6H2,(H,12,13). The maximum Gasteiger partial charge on any atom is 0.306 e. The number of carboxylic acids is 2. The van der Waals surface area contributed by atoms with Gasteiger partial charge in [0.25, 0.3) is 0 Å². The second kappa shape index (κ2) is 17.9. The summed E-state index contributed by atoms with van der Waals surface area (Å²) < 4.78 is 0. The van der Waals surface area contributed by atoms with Crippen molar-refractivity contribution in [1.82, 2.24) is 10.6 Å². The second-order valence-electron chi connectivity index (χ2n) is 11.2. The van der Waals surface area contributed by atoms with Crippen LogP contribution in [-0.4, -0.2) is 69.2 Å². The summed E-state index contributed by atoms with van der Waals surface area (Å²) in [6, 6.07) is 12.2. The normalized spacial score (nSPS) is 21.0. The van der Waals surface area contributed by atoms with Crippen molar-refractivity contribution in [3.8, 4) is 11.5 Å². The number of aromatic hydroxyl groups is 2. The van der Waals surface area contributed by atoms with E-state index in [0.29, 0.717) is 41.7 Å². The van der Waals surface area contributed by atoms with Gasteiger partial charge in [0.1, 0.15) is 0 Å². The minimum absolute atomic E-state index is 0.0537. The summed E-state index contributed by atoms with van der Waals surface area (Å²) in [5.74, 6) is -1.62. The van der Waals surface area contributed by atoms with Crippen molar-refractivity contribution < 1.29 is 35.1 Å². The maximum absolute atomic E-state index is 11.0. The Kier molecular flexibility index (Phi) is 15.1. The van der Waals surface area contributed by atoms with E-state index < -0.39 is 18.0 Å². The number of aliphatic hydroxyl groups is 1. The van der Waals surface area contributed by atoms with E-state index in [4.69, 9.17) is 32.7 Å². The predicted octanol–water partition coefficient (Wildman–Crippen LogP) is 4.23. The fourth-order valence-electron chi connectivity index (χ4n) is 5.35. The molecule has 1 saturated heterocycles. The molecule has 1 saturated carbocycles. The SMILES string of the molecule is CC(C)NCC(O)c1ccc(O)c(O)c1.NCC(CC(=O)O)c1ccc(Cl)cc1.O=C(O)C1CCCC2NCCCC21. The molecule has 1 aliphatic heterocycles. The van der Waals surface area contributed by atoms with Crippen molar-refractivity contribution in [3.63, 3.8) is 0 Å². The first-order chi connectivity index (χ1) is 19.9. The largest absolute Gasteiger partial charge is 0.504 e. The monoisotopic (exact) mass is 607 g/mol. The molecule has 0 bridgehead atoms. The maximum atomic E-state index is 11.0. The molecule has 1 aliphatic carbocycles. The van der Waals surface area contributed by atoms with Crippen LogP contribution in [0.4, 0.5) is 0 Å². The average Bonchev–Trinajstić information content (AvgIpc) is 2.96. The number of aliphatic hydroxyl groups excluding tert-OH is 1. The molecule has 2 fully saturated rings. The van der Waals surface area contributed by atoms with Gasteiger partial charge in [-0.15, -0.1) is 0 Å². The molecule has 1 heterocycles. The molecule has 5 atom stereocenters. The van der Waals surface area contributed by atoms with Gasteiger partial charge in [-0.2, -0.15) is 0 Å². The Balaban J connectivity index is 0.000000220. The number of piperidine rings is 1. The number of halogens is 1. The van der Waals surface area contributed by atoms with Gasteiger partial charge in [0, 0.05) is 29.6 Å². The van der Waals surface area contributed by atoms with Crippen molar-refractivity contribution >= 4 is 23.5 Å². The molecular weight excluding hydrogens is 562 g/mol. The Morgan fingerprint density at radius 1 is 1.00 bits per heavy atom. The van der Waals surface area contributed by atoms with Gasteiger partial charge in [0.2, 0.25) is 0 Å². The lowest BCUT2D eigenvalue weighted by atomic mass is 9.72. The number of phenolic OH excluding ortho intramolecular Hbond substituents is 2. The molecule has 0 amide bonds. The van der Waals surface area contributed by atoms with Crippen molar-refractivity contribution in [3.05, 3.63) is 58.6 Å². The van der Waals surface area contributed by atoms with Crippen molar-refractivity contribution in [2.24, 2.45) is 17.6 Å². The molecule has 11 heteroatoms. The first-order valence-electron chi connectivity index (χ1n) is 14.5. The van der Waals surface area contributed by atoms with Crippen LogP contribution in [0.1, 0.15) is 75.5 Å². The van der Waals surface area contributed by atoms with Crippen molar-refractivity contribution in [1.29, 1.82) is 0 Å². The first kappa shape index (κ1) is 35.3. The van der Waals surface area contributed by atoms with E-state index in [1.807, 2.05) is 26.0 Å². The topological polar surface area (TPSA) is 185 Å². The van der Waals surface area contributed by atoms with Crippen molar-refractivity contribution in [2.75, 3.05) is 19.6 Å². The van der Waals surface area contributed by atoms with Gasteiger partial charge in [-0.05, 0) is 80.1 Å². The van der Waals surface area contributed by atoms with Crippen LogP contribution in [0, 0.1) is 11.8 Å². The number of aliphatic carboxylic acids is 2. The third-order valence-electron chi connectivity index (χ3n) is 7.65. The van der Waals surface area contributed by atoms with Crippen LogP contribution in [-0.2, 0) is 9.59 Å². The lowest BCUT2D eigenvalue weighted by molar-refractivity contribution is -0.146. The van der Waals surface area contributed by atoms with E-state index in [-0.39, 0.29) is 29.8 Å². The van der Waals surface area contributed by atoms with Gasteiger partial charge in [-0.25, -0.2) is 0 Å². The second-order valence-corrected chi connectivity index (χ2v) is 11.6. The fourth-order valence-corrected chi connectivity index (χ4v) is 5.48. The molecule has 42 heavy (non-hydrogen) atoms. The van der Waals surface area contributed by atoms with Crippen LogP contribution in [0.3, 0.4) is 0 Å². The van der Waals surface area contributed by atoms with Crippen LogP contribution in [0.15, 0.2) is 42.5 Å². The highest BCUT2D eigenvalue weighted by molar-refractivity contribution is 6.30. The summed E-state index contributed by atoms with van der Waals surface area (Å²) in [7, 11) is 0. The number of phenols is 2. The minimum atomic E-state index is -0.838. The van der Waals surface area contributed by atoms with Gasteiger partial charge >= 0.3 is 11.9 Å². The van der Waals surface area contributed by atoms with E-state index in [0.717, 1.165) is 37.8 Å². The smallest absolute Gasteiger partial charge is 0.306 e. The average molecular weight is 608 g/mol. The van der Waals surface area contributed by atoms with Gasteiger partial charge in [-0.1, -0.05) is 50.1 Å². The molecule has 9 N–H and O–H groups in total. The summed E-state index contributed by atoms with van der Waals surface area (Å²) in [5, 5.41) is 52.9. The van der Waals surface area contributed by atoms with E-state index in [1.165, 1.54) is 18.6 Å². The van der Waals surface area contributed by atoms with Crippen LogP contribution in [0.2, 0.25) is 5.02 Å². The summed E-state index contributed by atoms with van der Waals surface area (Å²) in [5.41, 5.74) is 6.99. The summed E-state index contributed by atoms with van der Waals surface area (Å²) in [6.07, 6.45) is 4.76. The third kappa shape index (κ3) is 11.8. The lowest BCUT2D eigenvalue weighted by Crippen LogP contribution is -2.48. The molecule has 0 aromatic heterocycles. The van der Waals surface area contributed by atoms with E-state index in [1.54, 1.807) is 18.2 Å². The number of hydrogen-bond donors (Lipinski definition) is 8. The zero-order valence-electron chi connectivity index (χ0n) is 24.4. The fraction of sp³-hybridized carbons (Fsp3) is 0.548. The number of fused-ring (bicyclic) bond motifs is 1. The molecule has 234 valence electrons. The Morgan fingerprint density at radius 3 is 2.24 bits per heavy atom. The molecule has 2 aromatic rings. The molecule has 4 rings (SSSR count). The van der Waals surface area contributed by atoms with Crippen LogP contribution in [0.25, 0.3) is 0 Å². The van der Waals surface area contributed by atoms with Gasteiger partial charge in [-0.3, -0.25) is 9.59 Å². The zero-order chi connectivity index (χ0) is 31.2. The Hall–Kier alpha value is -2.89. The number of nitrogens with two attached hydrogens (primary N) is 1. The number of benzene rings is 2. The van der Waals surface area contributed by atoms with E-state index in [9.17, 15) is 19.8 Å². The molecule has 5 unspecified atom stereocenters. The highest BCUT2D eigenvalue weighted by atomic mass is 35.5. The summed E-state index contributed by atoms with van der Waals surface area (Å²) >= 11 is 5.72. The highest BCUT2D eigenvalue weighted by Gasteiger charge is 2.38. The first-order valence-corrected chi connectivity index (χ1v) is 14.9. The molecule has 0 radical (unpaired) electrons. The van der Waals surface area contributed by atoms with Gasteiger partial charge < -0.3 is 41.9 Å². The Morgan fingerprint density at radius 2 is 1.67 bits per heavy atom. The molecule has 0 spiro atoms. The van der Waals surface area contributed by atoms with Gasteiger partial charge in [0.15, 0.2) is 11.5 Å².